The summed E-state index contributed by atoms with van der Waals surface area (Å²) < 4.78 is 13.8. The minimum absolute atomic E-state index is 0.00442. The molecule has 1 fully saturated rings. The molecular formula is C19H19FN6O. The van der Waals surface area contributed by atoms with Gasteiger partial charge in [-0.15, -0.1) is 0 Å². The standard InChI is InChI=1S/C19H19FN6O/c20-15-4-2-1-3-13(15)19(27)24-12-7-9-26(10-8-12)18-14-5-6-16(21)25-17(14)22-11-23-18/h1-6,11-12H,7-10H2,(H,24,27)(H2,21,22,23,25). The molecule has 3 aromatic rings. The predicted octanol–water partition coefficient (Wildman–Crippen LogP) is 2.14. The van der Waals surface area contributed by atoms with Gasteiger partial charge in [-0.25, -0.2) is 19.3 Å². The Balaban J connectivity index is 1.44. The zero-order valence-corrected chi connectivity index (χ0v) is 14.6. The number of nitrogen functional groups attached to an aromatic ring is 1. The van der Waals surface area contributed by atoms with E-state index in [0.29, 0.717) is 11.5 Å². The summed E-state index contributed by atoms with van der Waals surface area (Å²) in [6.07, 6.45) is 2.97. The maximum Gasteiger partial charge on any atom is 0.254 e. The second kappa shape index (κ2) is 7.14. The Hall–Kier alpha value is -3.29. The highest BCUT2D eigenvalue weighted by atomic mass is 19.1. The molecule has 1 aliphatic heterocycles. The smallest absolute Gasteiger partial charge is 0.254 e. The fraction of sp³-hybridized carbons (Fsp3) is 0.263. The maximum absolute atomic E-state index is 13.8. The van der Waals surface area contributed by atoms with Gasteiger partial charge in [0.05, 0.1) is 10.9 Å². The van der Waals surface area contributed by atoms with Crippen molar-refractivity contribution in [3.05, 3.63) is 54.1 Å². The number of amides is 1. The van der Waals surface area contributed by atoms with Crippen LogP contribution in [-0.2, 0) is 0 Å². The van der Waals surface area contributed by atoms with Crippen LogP contribution in [0.1, 0.15) is 23.2 Å². The predicted molar refractivity (Wildman–Crippen MR) is 101 cm³/mol. The number of halogens is 1. The number of aromatic nitrogens is 3. The van der Waals surface area contributed by atoms with Crippen LogP contribution in [0.15, 0.2) is 42.7 Å². The third-order valence-electron chi connectivity index (χ3n) is 4.75. The molecule has 2 aromatic heterocycles. The number of nitrogens with one attached hydrogen (secondary N) is 1. The lowest BCUT2D eigenvalue weighted by molar-refractivity contribution is 0.0927. The average Bonchev–Trinajstić information content (AvgIpc) is 2.68. The molecule has 3 heterocycles. The van der Waals surface area contributed by atoms with Gasteiger partial charge in [0, 0.05) is 19.1 Å². The van der Waals surface area contributed by atoms with Crippen molar-refractivity contribution in [3.8, 4) is 0 Å². The van der Waals surface area contributed by atoms with Crippen molar-refractivity contribution >= 4 is 28.6 Å². The van der Waals surface area contributed by atoms with Gasteiger partial charge in [-0.3, -0.25) is 4.79 Å². The highest BCUT2D eigenvalue weighted by Gasteiger charge is 2.24. The normalized spacial score (nSPS) is 15.1. The first-order chi connectivity index (χ1) is 13.1. The Morgan fingerprint density at radius 1 is 1.15 bits per heavy atom. The summed E-state index contributed by atoms with van der Waals surface area (Å²) in [5.41, 5.74) is 6.36. The Morgan fingerprint density at radius 2 is 1.93 bits per heavy atom. The van der Waals surface area contributed by atoms with Crippen LogP contribution in [-0.4, -0.2) is 40.0 Å². The minimum Gasteiger partial charge on any atom is -0.384 e. The van der Waals surface area contributed by atoms with Gasteiger partial charge in [-0.2, -0.15) is 0 Å². The lowest BCUT2D eigenvalue weighted by atomic mass is 10.0. The number of carbonyl (C=O) groups excluding carboxylic acids is 1. The first-order valence-corrected chi connectivity index (χ1v) is 8.79. The van der Waals surface area contributed by atoms with Crippen molar-refractivity contribution in [1.82, 2.24) is 20.3 Å². The molecule has 0 saturated carbocycles. The molecule has 1 aromatic carbocycles. The number of fused-ring (bicyclic) bond motifs is 1. The van der Waals surface area contributed by atoms with E-state index in [1.54, 1.807) is 18.2 Å². The van der Waals surface area contributed by atoms with Crippen LogP contribution in [0.25, 0.3) is 11.0 Å². The number of hydrogen-bond donors (Lipinski definition) is 2. The molecule has 0 aliphatic carbocycles. The van der Waals surface area contributed by atoms with Crippen molar-refractivity contribution in [1.29, 1.82) is 0 Å². The van der Waals surface area contributed by atoms with Gasteiger partial charge in [0.25, 0.3) is 5.91 Å². The van der Waals surface area contributed by atoms with E-state index in [9.17, 15) is 9.18 Å². The molecule has 0 radical (unpaired) electrons. The summed E-state index contributed by atoms with van der Waals surface area (Å²) in [4.78, 5) is 27.2. The Morgan fingerprint density at radius 3 is 2.70 bits per heavy atom. The van der Waals surface area contributed by atoms with E-state index in [1.807, 2.05) is 6.07 Å². The number of piperidine rings is 1. The maximum atomic E-state index is 13.8. The fourth-order valence-electron chi connectivity index (χ4n) is 3.34. The van der Waals surface area contributed by atoms with E-state index in [0.717, 1.165) is 37.1 Å². The van der Waals surface area contributed by atoms with Crippen molar-refractivity contribution < 1.29 is 9.18 Å². The first-order valence-electron chi connectivity index (χ1n) is 8.79. The zero-order valence-electron chi connectivity index (χ0n) is 14.6. The number of rotatable bonds is 3. The number of benzene rings is 1. The number of pyridine rings is 1. The van der Waals surface area contributed by atoms with E-state index in [2.05, 4.69) is 25.2 Å². The highest BCUT2D eigenvalue weighted by Crippen LogP contribution is 2.25. The average molecular weight is 366 g/mol. The number of nitrogens with zero attached hydrogens (tertiary/aromatic N) is 4. The van der Waals surface area contributed by atoms with Crippen molar-refractivity contribution in [2.24, 2.45) is 0 Å². The third kappa shape index (κ3) is 3.51. The summed E-state index contributed by atoms with van der Waals surface area (Å²) in [5.74, 6) is 0.346. The van der Waals surface area contributed by atoms with Crippen LogP contribution in [0.5, 0.6) is 0 Å². The molecule has 1 amide bonds. The van der Waals surface area contributed by atoms with Crippen molar-refractivity contribution in [2.45, 2.75) is 18.9 Å². The van der Waals surface area contributed by atoms with Gasteiger partial charge in [-0.05, 0) is 37.1 Å². The van der Waals surface area contributed by atoms with Gasteiger partial charge in [-0.1, -0.05) is 12.1 Å². The van der Waals surface area contributed by atoms with Gasteiger partial charge in [0.15, 0.2) is 5.65 Å². The van der Waals surface area contributed by atoms with Crippen molar-refractivity contribution in [2.75, 3.05) is 23.7 Å². The molecule has 0 atom stereocenters. The lowest BCUT2D eigenvalue weighted by Crippen LogP contribution is -2.45. The van der Waals surface area contributed by atoms with Crippen LogP contribution >= 0.6 is 0 Å². The SMILES string of the molecule is Nc1ccc2c(N3CCC(NC(=O)c4ccccc4F)CC3)ncnc2n1. The van der Waals surface area contributed by atoms with E-state index in [-0.39, 0.29) is 17.5 Å². The Bertz CT molecular complexity index is 987. The van der Waals surface area contributed by atoms with Gasteiger partial charge >= 0.3 is 0 Å². The molecule has 8 heteroatoms. The molecule has 138 valence electrons. The highest BCUT2D eigenvalue weighted by molar-refractivity contribution is 5.94. The van der Waals surface area contributed by atoms with Gasteiger partial charge < -0.3 is 16.0 Å². The Kier molecular flexibility index (Phi) is 4.53. The van der Waals surface area contributed by atoms with Crippen LogP contribution < -0.4 is 16.0 Å². The summed E-state index contributed by atoms with van der Waals surface area (Å²) in [6.45, 7) is 1.44. The fourth-order valence-corrected chi connectivity index (χ4v) is 3.34. The number of carbonyl (C=O) groups is 1. The largest absolute Gasteiger partial charge is 0.384 e. The minimum atomic E-state index is -0.508. The molecule has 1 saturated heterocycles. The lowest BCUT2D eigenvalue weighted by Gasteiger charge is -2.33. The third-order valence-corrected chi connectivity index (χ3v) is 4.75. The molecular weight excluding hydrogens is 347 g/mol. The van der Waals surface area contributed by atoms with E-state index in [1.165, 1.54) is 18.5 Å². The Labute approximate surface area is 155 Å². The number of hydrogen-bond acceptors (Lipinski definition) is 6. The van der Waals surface area contributed by atoms with Gasteiger partial charge in [0.1, 0.15) is 23.8 Å². The van der Waals surface area contributed by atoms with E-state index < -0.39 is 5.82 Å². The number of nitrogens with two attached hydrogens (primary N) is 1. The van der Waals surface area contributed by atoms with E-state index >= 15 is 0 Å². The summed E-state index contributed by atoms with van der Waals surface area (Å²) >= 11 is 0. The van der Waals surface area contributed by atoms with E-state index in [4.69, 9.17) is 5.73 Å². The molecule has 0 unspecified atom stereocenters. The topological polar surface area (TPSA) is 97.0 Å². The van der Waals surface area contributed by atoms with Crippen LogP contribution in [0.2, 0.25) is 0 Å². The second-order valence-electron chi connectivity index (χ2n) is 6.52. The zero-order chi connectivity index (χ0) is 18.8. The molecule has 0 bridgehead atoms. The van der Waals surface area contributed by atoms with Crippen molar-refractivity contribution in [3.63, 3.8) is 0 Å². The van der Waals surface area contributed by atoms with Crippen LogP contribution in [0.3, 0.4) is 0 Å². The first kappa shape index (κ1) is 17.1. The molecule has 4 rings (SSSR count). The van der Waals surface area contributed by atoms with Gasteiger partial charge in [0.2, 0.25) is 0 Å². The number of anilines is 2. The molecule has 1 aliphatic rings. The van der Waals surface area contributed by atoms with Crippen LogP contribution in [0, 0.1) is 5.82 Å². The quantitative estimate of drug-likeness (QED) is 0.737. The molecule has 3 N–H and O–H groups in total. The summed E-state index contributed by atoms with van der Waals surface area (Å²) in [7, 11) is 0. The molecule has 27 heavy (non-hydrogen) atoms. The monoisotopic (exact) mass is 366 g/mol. The summed E-state index contributed by atoms with van der Waals surface area (Å²) in [5, 5.41) is 3.77. The second-order valence-corrected chi connectivity index (χ2v) is 6.52. The molecule has 7 nitrogen and oxygen atoms in total. The summed E-state index contributed by atoms with van der Waals surface area (Å²) in [6, 6.07) is 9.61. The molecule has 0 spiro atoms. The van der Waals surface area contributed by atoms with Crippen LogP contribution in [0.4, 0.5) is 16.0 Å².